The number of nitrogens with one attached hydrogen (secondary N) is 2. The minimum absolute atomic E-state index is 0.0529. The smallest absolute Gasteiger partial charge is 0.251 e. The summed E-state index contributed by atoms with van der Waals surface area (Å²) >= 11 is 0. The van der Waals surface area contributed by atoms with Crippen LogP contribution < -0.4 is 10.6 Å². The third-order valence-corrected chi connectivity index (χ3v) is 3.97. The fraction of sp³-hybridized carbons (Fsp3) is 0.529. The minimum Gasteiger partial charge on any atom is -0.355 e. The summed E-state index contributed by atoms with van der Waals surface area (Å²) in [6.45, 7) is 3.04. The van der Waals surface area contributed by atoms with E-state index in [1.165, 1.54) is 6.92 Å². The molecule has 1 aromatic carbocycles. The molecule has 0 aliphatic carbocycles. The Bertz CT molecular complexity index is 575. The van der Waals surface area contributed by atoms with Gasteiger partial charge in [0.1, 0.15) is 5.67 Å². The van der Waals surface area contributed by atoms with Gasteiger partial charge in [-0.25, -0.2) is 4.39 Å². The maximum atomic E-state index is 14.2. The Kier molecular flexibility index (Phi) is 5.71. The molecular weight excluding hydrogens is 297 g/mol. The zero-order chi connectivity index (χ0) is 16.9. The highest BCUT2D eigenvalue weighted by molar-refractivity contribution is 5.94. The summed E-state index contributed by atoms with van der Waals surface area (Å²) in [6.07, 6.45) is 0.851. The molecule has 0 spiro atoms. The van der Waals surface area contributed by atoms with Gasteiger partial charge in [0.05, 0.1) is 6.54 Å². The van der Waals surface area contributed by atoms with Crippen molar-refractivity contribution in [3.05, 3.63) is 35.4 Å². The molecule has 23 heavy (non-hydrogen) atoms. The molecule has 0 saturated carbocycles. The summed E-state index contributed by atoms with van der Waals surface area (Å²) in [5, 5.41) is 5.59. The second-order valence-corrected chi connectivity index (χ2v) is 6.18. The van der Waals surface area contributed by atoms with Crippen LogP contribution in [-0.4, -0.2) is 55.6 Å². The van der Waals surface area contributed by atoms with Gasteiger partial charge in [0.2, 0.25) is 5.91 Å². The number of amides is 2. The maximum absolute atomic E-state index is 14.2. The molecule has 1 aromatic rings. The SMILES string of the molecule is CNC(=O)c1cccc(CCC(=O)N2CCNCC(C)(F)C2)c1. The summed E-state index contributed by atoms with van der Waals surface area (Å²) in [7, 11) is 1.58. The van der Waals surface area contributed by atoms with Gasteiger partial charge in [-0.05, 0) is 31.0 Å². The minimum atomic E-state index is -1.40. The first-order valence-corrected chi connectivity index (χ1v) is 7.90. The number of nitrogens with zero attached hydrogens (tertiary/aromatic N) is 1. The molecule has 6 heteroatoms. The number of benzene rings is 1. The van der Waals surface area contributed by atoms with Crippen LogP contribution in [0.5, 0.6) is 0 Å². The number of hydrogen-bond donors (Lipinski definition) is 2. The van der Waals surface area contributed by atoms with Crippen LogP contribution in [0.2, 0.25) is 0 Å². The van der Waals surface area contributed by atoms with Crippen LogP contribution in [0.1, 0.15) is 29.3 Å². The van der Waals surface area contributed by atoms with E-state index in [9.17, 15) is 14.0 Å². The molecule has 2 rings (SSSR count). The lowest BCUT2D eigenvalue weighted by molar-refractivity contribution is -0.132. The summed E-state index contributed by atoms with van der Waals surface area (Å²) in [5.41, 5.74) is 0.105. The third-order valence-electron chi connectivity index (χ3n) is 3.97. The fourth-order valence-electron chi connectivity index (χ4n) is 2.73. The molecule has 0 aromatic heterocycles. The average Bonchev–Trinajstić information content (AvgIpc) is 2.72. The van der Waals surface area contributed by atoms with Crippen LogP contribution in [0.15, 0.2) is 24.3 Å². The van der Waals surface area contributed by atoms with E-state index in [-0.39, 0.29) is 24.9 Å². The Morgan fingerprint density at radius 2 is 2.22 bits per heavy atom. The second kappa shape index (κ2) is 7.55. The first-order chi connectivity index (χ1) is 10.9. The number of alkyl halides is 1. The van der Waals surface area contributed by atoms with Crippen molar-refractivity contribution in [2.45, 2.75) is 25.4 Å². The maximum Gasteiger partial charge on any atom is 0.251 e. The van der Waals surface area contributed by atoms with Crippen molar-refractivity contribution in [3.63, 3.8) is 0 Å². The van der Waals surface area contributed by atoms with E-state index < -0.39 is 5.67 Å². The van der Waals surface area contributed by atoms with Crippen molar-refractivity contribution >= 4 is 11.8 Å². The predicted octanol–water partition coefficient (Wildman–Crippen LogP) is 1.14. The Hall–Kier alpha value is -1.95. The number of halogens is 1. The first kappa shape index (κ1) is 17.4. The Labute approximate surface area is 136 Å². The van der Waals surface area contributed by atoms with E-state index in [1.807, 2.05) is 6.07 Å². The number of hydrogen-bond acceptors (Lipinski definition) is 3. The Morgan fingerprint density at radius 1 is 1.43 bits per heavy atom. The van der Waals surface area contributed by atoms with Gasteiger partial charge in [-0.1, -0.05) is 12.1 Å². The van der Waals surface area contributed by atoms with Crippen LogP contribution in [-0.2, 0) is 11.2 Å². The van der Waals surface area contributed by atoms with E-state index in [1.54, 1.807) is 30.1 Å². The molecule has 2 N–H and O–H groups in total. The molecule has 1 aliphatic heterocycles. The van der Waals surface area contributed by atoms with Crippen LogP contribution >= 0.6 is 0 Å². The van der Waals surface area contributed by atoms with Crippen LogP contribution in [0.4, 0.5) is 4.39 Å². The third kappa shape index (κ3) is 5.03. The van der Waals surface area contributed by atoms with Crippen LogP contribution in [0.3, 0.4) is 0 Å². The molecular formula is C17H24FN3O2. The lowest BCUT2D eigenvalue weighted by Crippen LogP contribution is -2.42. The number of aryl methyl sites for hydroxylation is 1. The molecule has 1 unspecified atom stereocenters. The summed E-state index contributed by atoms with van der Waals surface area (Å²) in [5.74, 6) is -0.201. The molecule has 5 nitrogen and oxygen atoms in total. The van der Waals surface area contributed by atoms with Crippen LogP contribution in [0.25, 0.3) is 0 Å². The molecule has 1 saturated heterocycles. The van der Waals surface area contributed by atoms with Crippen molar-refractivity contribution in [1.82, 2.24) is 15.5 Å². The van der Waals surface area contributed by atoms with Gasteiger partial charge in [0.25, 0.3) is 5.91 Å². The van der Waals surface area contributed by atoms with E-state index in [2.05, 4.69) is 10.6 Å². The predicted molar refractivity (Wildman–Crippen MR) is 87.1 cm³/mol. The number of carbonyl (C=O) groups excluding carboxylic acids is 2. The lowest BCUT2D eigenvalue weighted by Gasteiger charge is -2.26. The van der Waals surface area contributed by atoms with Gasteiger partial charge in [-0.3, -0.25) is 9.59 Å². The quantitative estimate of drug-likeness (QED) is 0.874. The van der Waals surface area contributed by atoms with Gasteiger partial charge < -0.3 is 15.5 Å². The molecule has 1 atom stereocenters. The summed E-state index contributed by atoms with van der Waals surface area (Å²) < 4.78 is 14.2. The lowest BCUT2D eigenvalue weighted by atomic mass is 10.0. The average molecular weight is 321 g/mol. The van der Waals surface area contributed by atoms with E-state index in [4.69, 9.17) is 0 Å². The molecule has 0 bridgehead atoms. The number of rotatable bonds is 4. The molecule has 126 valence electrons. The van der Waals surface area contributed by atoms with Gasteiger partial charge in [0, 0.05) is 38.7 Å². The van der Waals surface area contributed by atoms with E-state index in [0.717, 1.165) is 5.56 Å². The molecule has 1 fully saturated rings. The Morgan fingerprint density at radius 3 is 2.96 bits per heavy atom. The Balaban J connectivity index is 1.95. The first-order valence-electron chi connectivity index (χ1n) is 7.90. The fourth-order valence-corrected chi connectivity index (χ4v) is 2.73. The topological polar surface area (TPSA) is 61.4 Å². The zero-order valence-electron chi connectivity index (χ0n) is 13.7. The van der Waals surface area contributed by atoms with Crippen molar-refractivity contribution in [1.29, 1.82) is 0 Å². The zero-order valence-corrected chi connectivity index (χ0v) is 13.7. The molecule has 0 radical (unpaired) electrons. The van der Waals surface area contributed by atoms with Crippen LogP contribution in [0, 0.1) is 0 Å². The monoisotopic (exact) mass is 321 g/mol. The highest BCUT2D eigenvalue weighted by atomic mass is 19.1. The normalized spacial score (nSPS) is 21.6. The highest BCUT2D eigenvalue weighted by Crippen LogP contribution is 2.15. The largest absolute Gasteiger partial charge is 0.355 e. The number of carbonyl (C=O) groups is 2. The molecule has 2 amide bonds. The molecule has 1 heterocycles. The summed E-state index contributed by atoms with van der Waals surface area (Å²) in [6, 6.07) is 7.22. The van der Waals surface area contributed by atoms with Crippen molar-refractivity contribution < 1.29 is 14.0 Å². The van der Waals surface area contributed by atoms with Gasteiger partial charge in [-0.2, -0.15) is 0 Å². The van der Waals surface area contributed by atoms with Crippen molar-refractivity contribution in [2.75, 3.05) is 33.2 Å². The standard InChI is InChI=1S/C17H24FN3O2/c1-17(18)11-20-8-9-21(12-17)15(22)7-6-13-4-3-5-14(10-13)16(23)19-2/h3-5,10,20H,6-9,11-12H2,1-2H3,(H,19,23). The summed E-state index contributed by atoms with van der Waals surface area (Å²) in [4.78, 5) is 25.6. The van der Waals surface area contributed by atoms with Crippen molar-refractivity contribution in [3.8, 4) is 0 Å². The highest BCUT2D eigenvalue weighted by Gasteiger charge is 2.30. The van der Waals surface area contributed by atoms with E-state index >= 15 is 0 Å². The van der Waals surface area contributed by atoms with E-state index in [0.29, 0.717) is 31.5 Å². The molecule has 1 aliphatic rings. The van der Waals surface area contributed by atoms with Crippen molar-refractivity contribution in [2.24, 2.45) is 0 Å². The van der Waals surface area contributed by atoms with Gasteiger partial charge in [0.15, 0.2) is 0 Å². The van der Waals surface area contributed by atoms with Gasteiger partial charge >= 0.3 is 0 Å². The van der Waals surface area contributed by atoms with Gasteiger partial charge in [-0.15, -0.1) is 0 Å². The second-order valence-electron chi connectivity index (χ2n) is 6.18.